The number of rotatable bonds is 16. The van der Waals surface area contributed by atoms with Crippen LogP contribution in [0.2, 0.25) is 0 Å². The fraction of sp³-hybridized carbons (Fsp3) is 0.273. The molecule has 0 radical (unpaired) electrons. The molecule has 0 aromatic heterocycles. The monoisotopic (exact) mass is 696 g/mol. The number of amides is 4. The van der Waals surface area contributed by atoms with Crippen molar-refractivity contribution in [3.8, 4) is 23.0 Å². The van der Waals surface area contributed by atoms with Gasteiger partial charge in [0.05, 0.1) is 11.4 Å². The molecular weight excluding hydrogens is 652 g/mol. The highest BCUT2D eigenvalue weighted by Crippen LogP contribution is 2.35. The lowest BCUT2D eigenvalue weighted by Crippen LogP contribution is -2.30. The van der Waals surface area contributed by atoms with Gasteiger partial charge in [0.1, 0.15) is 23.0 Å². The number of imide groups is 2. The first-order valence-electron chi connectivity index (χ1n) is 18.1. The van der Waals surface area contributed by atoms with E-state index in [1.54, 1.807) is 62.4 Å². The number of carbonyl (C=O) groups excluding carboxylic acids is 4. The van der Waals surface area contributed by atoms with Gasteiger partial charge in [0.2, 0.25) is 0 Å². The highest BCUT2D eigenvalue weighted by Gasteiger charge is 2.30. The summed E-state index contributed by atoms with van der Waals surface area (Å²) in [4.78, 5) is 51.5. The van der Waals surface area contributed by atoms with Crippen LogP contribution in [-0.4, -0.2) is 23.6 Å². The van der Waals surface area contributed by atoms with E-state index in [0.29, 0.717) is 45.5 Å². The van der Waals surface area contributed by atoms with Crippen LogP contribution in [0.25, 0.3) is 0 Å². The maximum atomic E-state index is 12.4. The van der Waals surface area contributed by atoms with Crippen molar-refractivity contribution in [1.29, 1.82) is 0 Å². The number of ether oxygens (including phenoxy) is 2. The minimum absolute atomic E-state index is 0.192. The van der Waals surface area contributed by atoms with E-state index in [1.165, 1.54) is 61.8 Å². The zero-order valence-corrected chi connectivity index (χ0v) is 30.0. The Bertz CT molecular complexity index is 1840. The second-order valence-electron chi connectivity index (χ2n) is 13.4. The normalized spacial score (nSPS) is 14.4. The highest BCUT2D eigenvalue weighted by atomic mass is 16.5. The Hall–Kier alpha value is -5.76. The first-order valence-corrected chi connectivity index (χ1v) is 18.1. The smallest absolute Gasteiger partial charge is 0.261 e. The predicted octanol–water partition coefficient (Wildman–Crippen LogP) is 10.2. The lowest BCUT2D eigenvalue weighted by atomic mass is 9.86. The molecule has 0 unspecified atom stereocenters. The summed E-state index contributed by atoms with van der Waals surface area (Å²) < 4.78 is 12.2. The zero-order chi connectivity index (χ0) is 36.6. The molecule has 4 aromatic carbocycles. The minimum Gasteiger partial charge on any atom is -0.457 e. The van der Waals surface area contributed by atoms with Gasteiger partial charge in [-0.2, -0.15) is 0 Å². The fourth-order valence-corrected chi connectivity index (χ4v) is 6.63. The molecule has 52 heavy (non-hydrogen) atoms. The number of hydrogen-bond donors (Lipinski definition) is 0. The van der Waals surface area contributed by atoms with E-state index >= 15 is 0 Å². The maximum absolute atomic E-state index is 12.4. The first kappa shape index (κ1) is 36.0. The Morgan fingerprint density at radius 1 is 0.481 bits per heavy atom. The number of carbonyl (C=O) groups is 4. The number of hydrogen-bond acceptors (Lipinski definition) is 6. The minimum atomic E-state index is -0.338. The van der Waals surface area contributed by atoms with Crippen LogP contribution in [0.1, 0.15) is 89.2 Å². The number of nitrogens with zero attached hydrogens (tertiary/aromatic N) is 2. The van der Waals surface area contributed by atoms with Crippen LogP contribution in [0.5, 0.6) is 23.0 Å². The van der Waals surface area contributed by atoms with Crippen LogP contribution >= 0.6 is 0 Å². The fourth-order valence-electron chi connectivity index (χ4n) is 6.63. The second-order valence-corrected chi connectivity index (χ2v) is 13.4. The molecule has 4 amide bonds. The predicted molar refractivity (Wildman–Crippen MR) is 203 cm³/mol. The third-order valence-corrected chi connectivity index (χ3v) is 9.52. The largest absolute Gasteiger partial charge is 0.457 e. The topological polar surface area (TPSA) is 93.2 Å². The summed E-state index contributed by atoms with van der Waals surface area (Å²) in [6.07, 6.45) is 12.4. The molecule has 2 heterocycles. The Morgan fingerprint density at radius 2 is 0.827 bits per heavy atom. The summed E-state index contributed by atoms with van der Waals surface area (Å²) in [5, 5.41) is 0. The van der Waals surface area contributed by atoms with Crippen LogP contribution in [0, 0.1) is 0 Å². The highest BCUT2D eigenvalue weighted by molar-refractivity contribution is 6.31. The Balaban J connectivity index is 1.11. The molecule has 0 spiro atoms. The molecule has 8 nitrogen and oxygen atoms in total. The molecular formula is C44H44N2O6. The lowest BCUT2D eigenvalue weighted by molar-refractivity contribution is -0.121. The van der Waals surface area contributed by atoms with Crippen molar-refractivity contribution in [1.82, 2.24) is 0 Å². The van der Waals surface area contributed by atoms with E-state index in [4.69, 9.17) is 9.47 Å². The quantitative estimate of drug-likeness (QED) is 0.0855. The average molecular weight is 697 g/mol. The molecule has 8 heteroatoms. The number of unbranched alkanes of at least 4 members (excludes halogenated alkanes) is 6. The van der Waals surface area contributed by atoms with Gasteiger partial charge < -0.3 is 9.47 Å². The van der Waals surface area contributed by atoms with E-state index in [2.05, 4.69) is 31.2 Å². The first-order chi connectivity index (χ1) is 25.2. The molecule has 0 aliphatic carbocycles. The van der Waals surface area contributed by atoms with E-state index in [9.17, 15) is 19.2 Å². The van der Waals surface area contributed by atoms with E-state index in [1.807, 2.05) is 24.3 Å². The summed E-state index contributed by atoms with van der Waals surface area (Å²) in [5.41, 5.74) is 4.26. The van der Waals surface area contributed by atoms with Gasteiger partial charge in [-0.1, -0.05) is 76.1 Å². The van der Waals surface area contributed by atoms with E-state index < -0.39 is 0 Å². The van der Waals surface area contributed by atoms with Crippen molar-refractivity contribution in [2.45, 2.75) is 78.1 Å². The van der Waals surface area contributed by atoms with Gasteiger partial charge in [-0.05, 0) is 104 Å². The maximum Gasteiger partial charge on any atom is 0.261 e. The summed E-state index contributed by atoms with van der Waals surface area (Å²) in [5.74, 6) is 1.50. The molecule has 0 atom stereocenters. The van der Waals surface area contributed by atoms with Gasteiger partial charge >= 0.3 is 0 Å². The lowest BCUT2D eigenvalue weighted by Gasteiger charge is -2.19. The molecule has 0 fully saturated rings. The van der Waals surface area contributed by atoms with Crippen LogP contribution in [0.15, 0.2) is 120 Å². The van der Waals surface area contributed by atoms with Gasteiger partial charge in [0, 0.05) is 29.2 Å². The van der Waals surface area contributed by atoms with E-state index in [-0.39, 0.29) is 29.5 Å². The van der Waals surface area contributed by atoms with Crippen molar-refractivity contribution >= 4 is 35.0 Å². The van der Waals surface area contributed by atoms with Crippen molar-refractivity contribution in [3.63, 3.8) is 0 Å². The molecule has 266 valence electrons. The van der Waals surface area contributed by atoms with E-state index in [0.717, 1.165) is 22.6 Å². The molecule has 0 saturated heterocycles. The van der Waals surface area contributed by atoms with Crippen molar-refractivity contribution in [2.75, 3.05) is 9.80 Å². The second kappa shape index (κ2) is 16.5. The Morgan fingerprint density at radius 3 is 1.17 bits per heavy atom. The van der Waals surface area contributed by atoms with Crippen molar-refractivity contribution in [3.05, 3.63) is 131 Å². The third kappa shape index (κ3) is 8.40. The van der Waals surface area contributed by atoms with Crippen LogP contribution < -0.4 is 19.3 Å². The van der Waals surface area contributed by atoms with Gasteiger partial charge in [-0.15, -0.1) is 0 Å². The summed E-state index contributed by atoms with van der Waals surface area (Å²) in [7, 11) is 0. The van der Waals surface area contributed by atoms with Gasteiger partial charge in [0.25, 0.3) is 23.6 Å². The molecule has 2 aliphatic heterocycles. The van der Waals surface area contributed by atoms with Crippen LogP contribution in [-0.2, 0) is 19.2 Å². The van der Waals surface area contributed by atoms with Crippen molar-refractivity contribution in [2.24, 2.45) is 0 Å². The molecule has 0 saturated carbocycles. The Kier molecular flexibility index (Phi) is 11.4. The summed E-state index contributed by atoms with van der Waals surface area (Å²) in [6.45, 7) is 5.51. The van der Waals surface area contributed by atoms with Crippen LogP contribution in [0.4, 0.5) is 11.4 Å². The molecule has 4 aromatic rings. The van der Waals surface area contributed by atoms with Crippen molar-refractivity contribution < 1.29 is 28.7 Å². The molecule has 2 aliphatic rings. The summed E-state index contributed by atoms with van der Waals surface area (Å²) in [6, 6.07) is 30.2. The van der Waals surface area contributed by atoms with Crippen LogP contribution in [0.3, 0.4) is 0 Å². The third-order valence-electron chi connectivity index (χ3n) is 9.52. The SMILES string of the molecule is CCCCCCCCCC(c1ccc(Oc2ccc(N3C(=O)C=C(C)C3=O)cc2)cc1)c1ccc(Oc2ccc(N3C(=O)C=C(C)C3=O)cc2)cc1. The standard InChI is InChI=1S/C44H44N2O6/c1-4-5-6-7-8-9-10-11-40(32-12-20-36(21-13-32)51-38-24-16-34(17-25-38)45-41(47)28-30(2)43(45)49)33-14-22-37(23-15-33)52-39-26-18-35(19-27-39)46-42(48)29-31(3)44(46)50/h12-29,40H,4-11H2,1-3H3. The molecule has 0 N–H and O–H groups in total. The number of anilines is 2. The van der Waals surface area contributed by atoms with Gasteiger partial charge in [0.15, 0.2) is 0 Å². The molecule has 0 bridgehead atoms. The average Bonchev–Trinajstić information content (AvgIpc) is 3.56. The summed E-state index contributed by atoms with van der Waals surface area (Å²) >= 11 is 0. The Labute approximate surface area is 305 Å². The van der Waals surface area contributed by atoms with Gasteiger partial charge in [-0.3, -0.25) is 19.2 Å². The number of benzene rings is 4. The van der Waals surface area contributed by atoms with Gasteiger partial charge in [-0.25, -0.2) is 9.80 Å². The zero-order valence-electron chi connectivity index (χ0n) is 30.0. The molecule has 6 rings (SSSR count).